The molecular formula is C22H28N4O3. The van der Waals surface area contributed by atoms with Crippen LogP contribution in [0.15, 0.2) is 47.2 Å². The van der Waals surface area contributed by atoms with Gasteiger partial charge in [0.1, 0.15) is 0 Å². The summed E-state index contributed by atoms with van der Waals surface area (Å²) in [5.74, 6) is 0.519. The van der Waals surface area contributed by atoms with Gasteiger partial charge in [0, 0.05) is 31.9 Å². The van der Waals surface area contributed by atoms with Crippen molar-refractivity contribution < 1.29 is 14.0 Å². The van der Waals surface area contributed by atoms with Crippen molar-refractivity contribution in [3.05, 3.63) is 54.2 Å². The largest absolute Gasteiger partial charge is 0.459 e. The molecule has 0 spiro atoms. The Bertz CT molecular complexity index is 801. The number of likely N-dealkylation sites (tertiary alicyclic amines) is 2. The molecule has 7 heteroatoms. The van der Waals surface area contributed by atoms with Crippen LogP contribution in [0, 0.1) is 5.92 Å². The third-order valence-corrected chi connectivity index (χ3v) is 5.99. The first-order valence-electron chi connectivity index (χ1n) is 10.4. The number of piperidine rings is 2. The SMILES string of the molecule is O=C(NCc1ccccn1)[C@H]1CCCN(C2CCN(C(=O)c3ccco3)CC2)C1. The number of furan rings is 1. The predicted octanol–water partition coefficient (Wildman–Crippen LogP) is 2.31. The highest BCUT2D eigenvalue weighted by molar-refractivity contribution is 5.91. The zero-order valence-corrected chi connectivity index (χ0v) is 16.6. The van der Waals surface area contributed by atoms with Gasteiger partial charge in [-0.3, -0.25) is 19.5 Å². The second kappa shape index (κ2) is 9.22. The van der Waals surface area contributed by atoms with Crippen molar-refractivity contribution in [1.82, 2.24) is 20.1 Å². The van der Waals surface area contributed by atoms with Gasteiger partial charge in [-0.25, -0.2) is 0 Å². The minimum atomic E-state index is -0.0288. The van der Waals surface area contributed by atoms with E-state index in [9.17, 15) is 9.59 Å². The van der Waals surface area contributed by atoms with E-state index in [1.807, 2.05) is 23.1 Å². The second-order valence-electron chi connectivity index (χ2n) is 7.87. The van der Waals surface area contributed by atoms with Gasteiger partial charge in [-0.05, 0) is 56.5 Å². The first-order valence-corrected chi connectivity index (χ1v) is 10.4. The first kappa shape index (κ1) is 19.6. The van der Waals surface area contributed by atoms with Gasteiger partial charge in [-0.2, -0.15) is 0 Å². The van der Waals surface area contributed by atoms with E-state index in [-0.39, 0.29) is 17.7 Å². The normalized spacial score (nSPS) is 21.1. The number of pyridine rings is 1. The Kier molecular flexibility index (Phi) is 6.24. The molecule has 4 rings (SSSR count). The number of aromatic nitrogens is 1. The molecule has 1 N–H and O–H groups in total. The number of rotatable bonds is 5. The highest BCUT2D eigenvalue weighted by Crippen LogP contribution is 2.25. The molecule has 29 heavy (non-hydrogen) atoms. The van der Waals surface area contributed by atoms with E-state index in [0.29, 0.717) is 18.3 Å². The Hall–Kier alpha value is -2.67. The van der Waals surface area contributed by atoms with Crippen LogP contribution in [0.25, 0.3) is 0 Å². The van der Waals surface area contributed by atoms with Crippen molar-refractivity contribution >= 4 is 11.8 Å². The van der Waals surface area contributed by atoms with E-state index in [0.717, 1.165) is 57.6 Å². The Morgan fingerprint density at radius 1 is 1.10 bits per heavy atom. The highest BCUT2D eigenvalue weighted by atomic mass is 16.3. The van der Waals surface area contributed by atoms with Crippen LogP contribution in [0.3, 0.4) is 0 Å². The predicted molar refractivity (Wildman–Crippen MR) is 108 cm³/mol. The molecule has 154 valence electrons. The molecule has 7 nitrogen and oxygen atoms in total. The molecule has 2 amide bonds. The Labute approximate surface area is 171 Å². The lowest BCUT2D eigenvalue weighted by atomic mass is 9.93. The van der Waals surface area contributed by atoms with E-state index in [1.165, 1.54) is 6.26 Å². The number of hydrogen-bond donors (Lipinski definition) is 1. The van der Waals surface area contributed by atoms with E-state index in [2.05, 4.69) is 15.2 Å². The monoisotopic (exact) mass is 396 g/mol. The summed E-state index contributed by atoms with van der Waals surface area (Å²) < 4.78 is 5.24. The van der Waals surface area contributed by atoms with Crippen LogP contribution in [0.2, 0.25) is 0 Å². The van der Waals surface area contributed by atoms with E-state index >= 15 is 0 Å². The molecule has 0 aromatic carbocycles. The molecule has 2 fully saturated rings. The second-order valence-corrected chi connectivity index (χ2v) is 7.87. The smallest absolute Gasteiger partial charge is 0.289 e. The molecule has 2 saturated heterocycles. The van der Waals surface area contributed by atoms with Crippen LogP contribution in [0.5, 0.6) is 0 Å². The zero-order chi connectivity index (χ0) is 20.1. The van der Waals surface area contributed by atoms with Crippen molar-refractivity contribution in [2.45, 2.75) is 38.3 Å². The number of nitrogens with zero attached hydrogens (tertiary/aromatic N) is 3. The molecule has 0 aliphatic carbocycles. The molecule has 1 atom stereocenters. The molecule has 2 aromatic heterocycles. The van der Waals surface area contributed by atoms with Crippen molar-refractivity contribution in [1.29, 1.82) is 0 Å². The lowest BCUT2D eigenvalue weighted by Gasteiger charge is -2.41. The summed E-state index contributed by atoms with van der Waals surface area (Å²) in [6, 6.07) is 9.62. The lowest BCUT2D eigenvalue weighted by molar-refractivity contribution is -0.127. The number of nitrogens with one attached hydrogen (secondary N) is 1. The molecule has 2 aliphatic heterocycles. The third-order valence-electron chi connectivity index (χ3n) is 5.99. The minimum absolute atomic E-state index is 0.0234. The van der Waals surface area contributed by atoms with Crippen LogP contribution in [-0.4, -0.2) is 58.8 Å². The number of carbonyl (C=O) groups excluding carboxylic acids is 2. The fourth-order valence-electron chi connectivity index (χ4n) is 4.37. The first-order chi connectivity index (χ1) is 14.2. The van der Waals surface area contributed by atoms with Crippen LogP contribution < -0.4 is 5.32 Å². The van der Waals surface area contributed by atoms with Crippen LogP contribution in [0.1, 0.15) is 41.9 Å². The third kappa shape index (κ3) is 4.85. The molecule has 2 aromatic rings. The molecule has 0 unspecified atom stereocenters. The van der Waals surface area contributed by atoms with Crippen LogP contribution in [-0.2, 0) is 11.3 Å². The number of amides is 2. The fraction of sp³-hybridized carbons (Fsp3) is 0.500. The number of hydrogen-bond acceptors (Lipinski definition) is 5. The topological polar surface area (TPSA) is 78.7 Å². The van der Waals surface area contributed by atoms with Gasteiger partial charge in [0.15, 0.2) is 5.76 Å². The van der Waals surface area contributed by atoms with Gasteiger partial charge >= 0.3 is 0 Å². The lowest BCUT2D eigenvalue weighted by Crippen LogP contribution is -2.51. The molecule has 4 heterocycles. The molecule has 0 radical (unpaired) electrons. The zero-order valence-electron chi connectivity index (χ0n) is 16.6. The van der Waals surface area contributed by atoms with E-state index in [4.69, 9.17) is 4.42 Å². The average Bonchev–Trinajstić information content (AvgIpc) is 3.33. The van der Waals surface area contributed by atoms with Gasteiger partial charge in [0.25, 0.3) is 5.91 Å². The van der Waals surface area contributed by atoms with Crippen LogP contribution >= 0.6 is 0 Å². The Balaban J connectivity index is 1.25. The maximum Gasteiger partial charge on any atom is 0.289 e. The highest BCUT2D eigenvalue weighted by Gasteiger charge is 2.33. The van der Waals surface area contributed by atoms with Crippen molar-refractivity contribution in [2.24, 2.45) is 5.92 Å². The van der Waals surface area contributed by atoms with Crippen LogP contribution in [0.4, 0.5) is 0 Å². The Morgan fingerprint density at radius 2 is 1.97 bits per heavy atom. The van der Waals surface area contributed by atoms with Crippen molar-refractivity contribution in [2.75, 3.05) is 26.2 Å². The summed E-state index contributed by atoms with van der Waals surface area (Å²) in [6.07, 6.45) is 7.12. The van der Waals surface area contributed by atoms with Gasteiger partial charge in [0.05, 0.1) is 24.4 Å². The summed E-state index contributed by atoms with van der Waals surface area (Å²) in [4.78, 5) is 33.7. The van der Waals surface area contributed by atoms with Gasteiger partial charge in [-0.15, -0.1) is 0 Å². The summed E-state index contributed by atoms with van der Waals surface area (Å²) in [5.41, 5.74) is 0.877. The standard InChI is InChI=1S/C22H28N4O3/c27-21(24-15-18-6-1-2-10-23-18)17-5-3-11-26(16-17)19-8-12-25(13-9-19)22(28)20-7-4-14-29-20/h1-2,4,6-7,10,14,17,19H,3,5,8-9,11-13,15-16H2,(H,24,27)/t17-/m0/s1. The summed E-state index contributed by atoms with van der Waals surface area (Å²) in [6.45, 7) is 3.77. The fourth-order valence-corrected chi connectivity index (χ4v) is 4.37. The van der Waals surface area contributed by atoms with Gasteiger partial charge in [-0.1, -0.05) is 6.07 Å². The van der Waals surface area contributed by atoms with Gasteiger partial charge in [0.2, 0.25) is 5.91 Å². The van der Waals surface area contributed by atoms with Gasteiger partial charge < -0.3 is 14.6 Å². The summed E-state index contributed by atoms with van der Waals surface area (Å²) in [5, 5.41) is 3.04. The molecule has 0 saturated carbocycles. The number of carbonyl (C=O) groups is 2. The van der Waals surface area contributed by atoms with E-state index < -0.39 is 0 Å². The van der Waals surface area contributed by atoms with Crippen molar-refractivity contribution in [3.63, 3.8) is 0 Å². The maximum atomic E-state index is 12.6. The molecular weight excluding hydrogens is 368 g/mol. The average molecular weight is 396 g/mol. The van der Waals surface area contributed by atoms with E-state index in [1.54, 1.807) is 18.3 Å². The Morgan fingerprint density at radius 3 is 2.69 bits per heavy atom. The maximum absolute atomic E-state index is 12.6. The molecule has 0 bridgehead atoms. The quantitative estimate of drug-likeness (QED) is 0.839. The minimum Gasteiger partial charge on any atom is -0.459 e. The van der Waals surface area contributed by atoms with Crippen molar-refractivity contribution in [3.8, 4) is 0 Å². The molecule has 2 aliphatic rings. The summed E-state index contributed by atoms with van der Waals surface area (Å²) in [7, 11) is 0. The summed E-state index contributed by atoms with van der Waals surface area (Å²) >= 11 is 0.